The molecule has 0 unspecified atom stereocenters. The van der Waals surface area contributed by atoms with Gasteiger partial charge in [0.1, 0.15) is 0 Å². The molecule has 0 aliphatic carbocycles. The van der Waals surface area contributed by atoms with Gasteiger partial charge in [0.25, 0.3) is 0 Å². The molecular weight excluding hydrogens is 290 g/mol. The topological polar surface area (TPSA) is 72.0 Å². The molecule has 1 heterocycles. The molecule has 0 fully saturated rings. The van der Waals surface area contributed by atoms with E-state index in [-0.39, 0.29) is 0 Å². The lowest BCUT2D eigenvalue weighted by Crippen LogP contribution is -2.08. The average molecular weight is 308 g/mol. The monoisotopic (exact) mass is 307 g/mol. The van der Waals surface area contributed by atoms with E-state index < -0.39 is 0 Å². The van der Waals surface area contributed by atoms with Crippen LogP contribution in [-0.4, -0.2) is 28.6 Å². The normalized spacial score (nSPS) is 10.3. The summed E-state index contributed by atoms with van der Waals surface area (Å²) in [6, 6.07) is 5.91. The van der Waals surface area contributed by atoms with E-state index in [1.165, 1.54) is 0 Å². The summed E-state index contributed by atoms with van der Waals surface area (Å²) >= 11 is 6.11. The second kappa shape index (κ2) is 7.08. The van der Waals surface area contributed by atoms with Gasteiger partial charge in [-0.25, -0.2) is 0 Å². The van der Waals surface area contributed by atoms with Crippen LogP contribution in [0, 0.1) is 6.92 Å². The van der Waals surface area contributed by atoms with Crippen molar-refractivity contribution < 1.29 is 4.74 Å². The molecule has 1 aromatic carbocycles. The number of ether oxygens (including phenoxy) is 1. The molecule has 0 saturated heterocycles. The van der Waals surface area contributed by atoms with Gasteiger partial charge in [-0.05, 0) is 31.0 Å². The van der Waals surface area contributed by atoms with Crippen molar-refractivity contribution in [2.75, 3.05) is 24.3 Å². The Morgan fingerprint density at radius 2 is 1.95 bits per heavy atom. The third-order valence-corrected chi connectivity index (χ3v) is 3.20. The highest BCUT2D eigenvalue weighted by molar-refractivity contribution is 6.31. The van der Waals surface area contributed by atoms with Gasteiger partial charge in [-0.1, -0.05) is 24.6 Å². The highest BCUT2D eigenvalue weighted by atomic mass is 35.5. The minimum absolute atomic E-state index is 0.290. The molecule has 21 heavy (non-hydrogen) atoms. The summed E-state index contributed by atoms with van der Waals surface area (Å²) in [6.45, 7) is 4.51. The van der Waals surface area contributed by atoms with Crippen molar-refractivity contribution >= 4 is 29.2 Å². The number of nitrogens with zero attached hydrogens (tertiary/aromatic N) is 3. The molecule has 2 aromatic rings. The maximum absolute atomic E-state index is 6.11. The van der Waals surface area contributed by atoms with E-state index >= 15 is 0 Å². The van der Waals surface area contributed by atoms with Crippen LogP contribution in [0.15, 0.2) is 18.2 Å². The molecule has 1 aromatic heterocycles. The Balaban J connectivity index is 2.28. The Kier molecular flexibility index (Phi) is 5.16. The molecule has 0 aliphatic rings. The van der Waals surface area contributed by atoms with Crippen LogP contribution in [0.2, 0.25) is 5.02 Å². The Labute approximate surface area is 128 Å². The predicted octanol–water partition coefficient (Wildman–Crippen LogP) is 3.41. The Bertz CT molecular complexity index is 620. The SMILES string of the molecule is CCCOc1nc(NC)nc(Nc2cccc(Cl)c2C)n1. The van der Waals surface area contributed by atoms with Gasteiger partial charge in [0.15, 0.2) is 0 Å². The van der Waals surface area contributed by atoms with Crippen LogP contribution in [0.4, 0.5) is 17.6 Å². The van der Waals surface area contributed by atoms with Gasteiger partial charge in [-0.15, -0.1) is 0 Å². The standard InChI is InChI=1S/C14H18ClN5O/c1-4-8-21-14-19-12(16-3)18-13(20-14)17-11-7-5-6-10(15)9(11)2/h5-7H,4,8H2,1-3H3,(H2,16,17,18,19,20). The zero-order valence-electron chi connectivity index (χ0n) is 12.3. The van der Waals surface area contributed by atoms with Gasteiger partial charge in [0.2, 0.25) is 11.9 Å². The van der Waals surface area contributed by atoms with E-state index in [9.17, 15) is 0 Å². The van der Waals surface area contributed by atoms with E-state index in [0.717, 1.165) is 17.7 Å². The Hall–Kier alpha value is -2.08. The molecule has 0 aliphatic heterocycles. The first-order valence-corrected chi connectivity index (χ1v) is 7.10. The highest BCUT2D eigenvalue weighted by Gasteiger charge is 2.09. The van der Waals surface area contributed by atoms with Crippen molar-refractivity contribution in [3.05, 3.63) is 28.8 Å². The summed E-state index contributed by atoms with van der Waals surface area (Å²) < 4.78 is 5.46. The number of rotatable bonds is 6. The molecule has 0 amide bonds. The molecule has 0 spiro atoms. The largest absolute Gasteiger partial charge is 0.463 e. The molecule has 6 nitrogen and oxygen atoms in total. The molecule has 0 atom stereocenters. The van der Waals surface area contributed by atoms with E-state index in [1.54, 1.807) is 7.05 Å². The first-order chi connectivity index (χ1) is 10.1. The summed E-state index contributed by atoms with van der Waals surface area (Å²) in [7, 11) is 1.74. The van der Waals surface area contributed by atoms with Gasteiger partial charge in [-0.3, -0.25) is 0 Å². The predicted molar refractivity (Wildman–Crippen MR) is 84.6 cm³/mol. The summed E-state index contributed by atoms with van der Waals surface area (Å²) in [4.78, 5) is 12.7. The zero-order valence-corrected chi connectivity index (χ0v) is 13.0. The first-order valence-electron chi connectivity index (χ1n) is 6.72. The van der Waals surface area contributed by atoms with Crippen molar-refractivity contribution in [2.24, 2.45) is 0 Å². The van der Waals surface area contributed by atoms with Crippen LogP contribution >= 0.6 is 11.6 Å². The smallest absolute Gasteiger partial charge is 0.323 e. The van der Waals surface area contributed by atoms with Crippen molar-refractivity contribution in [3.8, 4) is 6.01 Å². The summed E-state index contributed by atoms with van der Waals surface area (Å²) in [5, 5.41) is 6.71. The molecular formula is C14H18ClN5O. The fourth-order valence-electron chi connectivity index (χ4n) is 1.65. The maximum Gasteiger partial charge on any atom is 0.323 e. The first kappa shape index (κ1) is 15.3. The van der Waals surface area contributed by atoms with E-state index in [2.05, 4.69) is 25.6 Å². The van der Waals surface area contributed by atoms with Crippen LogP contribution in [0.1, 0.15) is 18.9 Å². The summed E-state index contributed by atoms with van der Waals surface area (Å²) in [5.74, 6) is 0.851. The second-order valence-electron chi connectivity index (χ2n) is 4.40. The number of nitrogens with one attached hydrogen (secondary N) is 2. The molecule has 7 heteroatoms. The lowest BCUT2D eigenvalue weighted by atomic mass is 10.2. The van der Waals surface area contributed by atoms with Gasteiger partial charge in [0.05, 0.1) is 6.61 Å². The van der Waals surface area contributed by atoms with Crippen molar-refractivity contribution in [1.82, 2.24) is 15.0 Å². The number of halogens is 1. The van der Waals surface area contributed by atoms with Crippen LogP contribution in [-0.2, 0) is 0 Å². The van der Waals surface area contributed by atoms with Gasteiger partial charge < -0.3 is 15.4 Å². The molecule has 2 rings (SSSR count). The third kappa shape index (κ3) is 3.95. The third-order valence-electron chi connectivity index (χ3n) is 2.79. The fourth-order valence-corrected chi connectivity index (χ4v) is 1.82. The van der Waals surface area contributed by atoms with Crippen molar-refractivity contribution in [2.45, 2.75) is 20.3 Å². The van der Waals surface area contributed by atoms with E-state index in [1.807, 2.05) is 32.0 Å². The number of hydrogen-bond acceptors (Lipinski definition) is 6. The lowest BCUT2D eigenvalue weighted by molar-refractivity contribution is 0.292. The van der Waals surface area contributed by atoms with Crippen molar-refractivity contribution in [1.29, 1.82) is 0 Å². The minimum Gasteiger partial charge on any atom is -0.463 e. The van der Waals surface area contributed by atoms with Gasteiger partial charge >= 0.3 is 6.01 Å². The fraction of sp³-hybridized carbons (Fsp3) is 0.357. The maximum atomic E-state index is 6.11. The van der Waals surface area contributed by atoms with Crippen LogP contribution in [0.25, 0.3) is 0 Å². The Morgan fingerprint density at radius 3 is 2.67 bits per heavy atom. The van der Waals surface area contributed by atoms with Crippen molar-refractivity contribution in [3.63, 3.8) is 0 Å². The van der Waals surface area contributed by atoms with E-state index in [0.29, 0.717) is 29.5 Å². The number of anilines is 3. The zero-order chi connectivity index (χ0) is 15.2. The number of benzene rings is 1. The lowest BCUT2D eigenvalue weighted by Gasteiger charge is -2.11. The molecule has 0 radical (unpaired) electrons. The highest BCUT2D eigenvalue weighted by Crippen LogP contribution is 2.25. The quantitative estimate of drug-likeness (QED) is 0.852. The average Bonchev–Trinajstić information content (AvgIpc) is 2.49. The van der Waals surface area contributed by atoms with E-state index in [4.69, 9.17) is 16.3 Å². The molecule has 2 N–H and O–H groups in total. The number of hydrogen-bond donors (Lipinski definition) is 2. The molecule has 0 bridgehead atoms. The van der Waals surface area contributed by atoms with Crippen LogP contribution in [0.5, 0.6) is 6.01 Å². The van der Waals surface area contributed by atoms with Gasteiger partial charge in [-0.2, -0.15) is 15.0 Å². The summed E-state index contributed by atoms with van der Waals surface area (Å²) in [5.41, 5.74) is 1.78. The van der Waals surface area contributed by atoms with Crippen LogP contribution < -0.4 is 15.4 Å². The second-order valence-corrected chi connectivity index (χ2v) is 4.81. The van der Waals surface area contributed by atoms with Crippen LogP contribution in [0.3, 0.4) is 0 Å². The molecule has 112 valence electrons. The summed E-state index contributed by atoms with van der Waals surface area (Å²) in [6.07, 6.45) is 0.886. The number of aromatic nitrogens is 3. The molecule has 0 saturated carbocycles. The minimum atomic E-state index is 0.290. The Morgan fingerprint density at radius 1 is 1.19 bits per heavy atom. The van der Waals surface area contributed by atoms with Gasteiger partial charge in [0, 0.05) is 17.8 Å².